The summed E-state index contributed by atoms with van der Waals surface area (Å²) in [5.74, 6) is 0.956. The first-order valence-corrected chi connectivity index (χ1v) is 9.33. The molecule has 1 aromatic carbocycles. The Morgan fingerprint density at radius 2 is 1.88 bits per heavy atom. The predicted octanol–water partition coefficient (Wildman–Crippen LogP) is 1.99. The first-order valence-electron chi connectivity index (χ1n) is 9.33. The first-order chi connectivity index (χ1) is 12.0. The van der Waals surface area contributed by atoms with Crippen LogP contribution in [0.25, 0.3) is 0 Å². The number of nitrogens with zero attached hydrogens (tertiary/aromatic N) is 1. The standard InChI is InChI=1S/C20H29N3O2.ClH/c1-13(2)19(22-18(24)10-14-6-4-3-5-7-14)20(25)23-11-15-8-9-17(21)16(15)12-23;/h3-7,13,15-17,19H,8-12,21H2,1-2H3,(H,22,24);1H. The number of likely N-dealkylation sites (tertiary alicyclic amines) is 1. The van der Waals surface area contributed by atoms with Crippen molar-refractivity contribution < 1.29 is 9.59 Å². The minimum Gasteiger partial charge on any atom is -0.344 e. The number of rotatable bonds is 5. The molecule has 1 saturated heterocycles. The molecule has 2 aliphatic rings. The highest BCUT2D eigenvalue weighted by molar-refractivity contribution is 5.88. The van der Waals surface area contributed by atoms with Crippen LogP contribution in [0.1, 0.15) is 32.3 Å². The monoisotopic (exact) mass is 379 g/mol. The normalized spacial score (nSPS) is 25.5. The van der Waals surface area contributed by atoms with Crippen molar-refractivity contribution in [2.45, 2.75) is 45.2 Å². The molecule has 3 rings (SSSR count). The number of nitrogens with one attached hydrogen (secondary N) is 1. The molecular weight excluding hydrogens is 350 g/mol. The van der Waals surface area contributed by atoms with E-state index in [0.29, 0.717) is 18.3 Å². The van der Waals surface area contributed by atoms with Crippen LogP contribution in [0.4, 0.5) is 0 Å². The van der Waals surface area contributed by atoms with Gasteiger partial charge in [0, 0.05) is 19.1 Å². The number of nitrogens with two attached hydrogens (primary N) is 1. The molecule has 26 heavy (non-hydrogen) atoms. The smallest absolute Gasteiger partial charge is 0.245 e. The van der Waals surface area contributed by atoms with Crippen molar-refractivity contribution in [2.75, 3.05) is 13.1 Å². The fraction of sp³-hybridized carbons (Fsp3) is 0.600. The first kappa shape index (κ1) is 20.7. The second kappa shape index (κ2) is 8.87. The van der Waals surface area contributed by atoms with Crippen LogP contribution < -0.4 is 11.1 Å². The second-order valence-electron chi connectivity index (χ2n) is 7.86. The Balaban J connectivity index is 0.00000243. The molecule has 0 spiro atoms. The average Bonchev–Trinajstić information content (AvgIpc) is 3.15. The summed E-state index contributed by atoms with van der Waals surface area (Å²) in [6, 6.07) is 9.36. The fourth-order valence-corrected chi connectivity index (χ4v) is 4.20. The highest BCUT2D eigenvalue weighted by Gasteiger charge is 2.44. The van der Waals surface area contributed by atoms with Crippen LogP contribution in [-0.2, 0) is 16.0 Å². The molecule has 4 unspecified atom stereocenters. The number of halogens is 1. The van der Waals surface area contributed by atoms with E-state index in [0.717, 1.165) is 31.5 Å². The number of carbonyl (C=O) groups excluding carboxylic acids is 2. The summed E-state index contributed by atoms with van der Waals surface area (Å²) in [5, 5.41) is 2.96. The zero-order chi connectivity index (χ0) is 18.0. The second-order valence-corrected chi connectivity index (χ2v) is 7.86. The molecule has 1 saturated carbocycles. The van der Waals surface area contributed by atoms with E-state index in [1.165, 1.54) is 0 Å². The van der Waals surface area contributed by atoms with Crippen LogP contribution in [0.2, 0.25) is 0 Å². The van der Waals surface area contributed by atoms with E-state index >= 15 is 0 Å². The summed E-state index contributed by atoms with van der Waals surface area (Å²) in [5.41, 5.74) is 7.13. The van der Waals surface area contributed by atoms with Gasteiger partial charge in [0.05, 0.1) is 6.42 Å². The molecule has 1 heterocycles. The third kappa shape index (κ3) is 4.57. The van der Waals surface area contributed by atoms with Crippen LogP contribution in [-0.4, -0.2) is 41.9 Å². The SMILES string of the molecule is CC(C)C(NC(=O)Cc1ccccc1)C(=O)N1CC2CCC(N)C2C1.Cl. The van der Waals surface area contributed by atoms with Gasteiger partial charge in [-0.2, -0.15) is 0 Å². The maximum Gasteiger partial charge on any atom is 0.245 e. The van der Waals surface area contributed by atoms with E-state index < -0.39 is 6.04 Å². The molecule has 2 fully saturated rings. The highest BCUT2D eigenvalue weighted by atomic mass is 35.5. The zero-order valence-electron chi connectivity index (χ0n) is 15.6. The number of fused-ring (bicyclic) bond motifs is 1. The van der Waals surface area contributed by atoms with Crippen LogP contribution in [0.5, 0.6) is 0 Å². The molecule has 6 heteroatoms. The van der Waals surface area contributed by atoms with Gasteiger partial charge in [-0.05, 0) is 36.2 Å². The van der Waals surface area contributed by atoms with Gasteiger partial charge in [-0.3, -0.25) is 9.59 Å². The number of carbonyl (C=O) groups is 2. The Kier molecular flexibility index (Phi) is 7.07. The van der Waals surface area contributed by atoms with E-state index in [1.54, 1.807) is 0 Å². The lowest BCUT2D eigenvalue weighted by molar-refractivity contribution is -0.137. The van der Waals surface area contributed by atoms with Crippen LogP contribution in [0.15, 0.2) is 30.3 Å². The Morgan fingerprint density at radius 3 is 2.50 bits per heavy atom. The van der Waals surface area contributed by atoms with Crippen molar-refractivity contribution in [3.05, 3.63) is 35.9 Å². The molecule has 0 aromatic heterocycles. The third-order valence-corrected chi connectivity index (χ3v) is 5.68. The number of hydrogen-bond acceptors (Lipinski definition) is 3. The molecular formula is C20H30ClN3O2. The third-order valence-electron chi connectivity index (χ3n) is 5.68. The maximum atomic E-state index is 13.0. The molecule has 1 aromatic rings. The van der Waals surface area contributed by atoms with Gasteiger partial charge in [0.2, 0.25) is 11.8 Å². The van der Waals surface area contributed by atoms with Gasteiger partial charge in [-0.25, -0.2) is 0 Å². The van der Waals surface area contributed by atoms with E-state index in [1.807, 2.05) is 49.1 Å². The summed E-state index contributed by atoms with van der Waals surface area (Å²) in [4.78, 5) is 27.3. The van der Waals surface area contributed by atoms with Gasteiger partial charge in [0.1, 0.15) is 6.04 Å². The van der Waals surface area contributed by atoms with E-state index in [2.05, 4.69) is 5.32 Å². The Morgan fingerprint density at radius 1 is 1.19 bits per heavy atom. The van der Waals surface area contributed by atoms with Crippen molar-refractivity contribution in [2.24, 2.45) is 23.5 Å². The number of amides is 2. The van der Waals surface area contributed by atoms with Gasteiger partial charge in [-0.1, -0.05) is 44.2 Å². The molecule has 4 atom stereocenters. The largest absolute Gasteiger partial charge is 0.344 e. The molecule has 2 amide bonds. The summed E-state index contributed by atoms with van der Waals surface area (Å²) >= 11 is 0. The van der Waals surface area contributed by atoms with Crippen LogP contribution in [0, 0.1) is 17.8 Å². The Hall–Kier alpha value is -1.59. The lowest BCUT2D eigenvalue weighted by atomic mass is 9.98. The summed E-state index contributed by atoms with van der Waals surface area (Å²) in [6.07, 6.45) is 2.48. The van der Waals surface area contributed by atoms with Gasteiger partial charge in [0.15, 0.2) is 0 Å². The average molecular weight is 380 g/mol. The predicted molar refractivity (Wildman–Crippen MR) is 105 cm³/mol. The minimum absolute atomic E-state index is 0. The molecule has 1 aliphatic heterocycles. The van der Waals surface area contributed by atoms with Gasteiger partial charge in [-0.15, -0.1) is 12.4 Å². The summed E-state index contributed by atoms with van der Waals surface area (Å²) < 4.78 is 0. The van der Waals surface area contributed by atoms with Gasteiger partial charge in [0.25, 0.3) is 0 Å². The quantitative estimate of drug-likeness (QED) is 0.821. The van der Waals surface area contributed by atoms with Crippen molar-refractivity contribution in [3.8, 4) is 0 Å². The van der Waals surface area contributed by atoms with Gasteiger partial charge < -0.3 is 16.0 Å². The van der Waals surface area contributed by atoms with Crippen LogP contribution in [0.3, 0.4) is 0 Å². The molecule has 5 nitrogen and oxygen atoms in total. The van der Waals surface area contributed by atoms with Gasteiger partial charge >= 0.3 is 0 Å². The molecule has 144 valence electrons. The fourth-order valence-electron chi connectivity index (χ4n) is 4.20. The van der Waals surface area contributed by atoms with Crippen molar-refractivity contribution in [1.29, 1.82) is 0 Å². The van der Waals surface area contributed by atoms with E-state index in [9.17, 15) is 9.59 Å². The lowest BCUT2D eigenvalue weighted by Gasteiger charge is -2.28. The lowest BCUT2D eigenvalue weighted by Crippen LogP contribution is -2.51. The molecule has 3 N–H and O–H groups in total. The minimum atomic E-state index is -0.466. The molecule has 1 aliphatic carbocycles. The number of benzene rings is 1. The van der Waals surface area contributed by atoms with Crippen molar-refractivity contribution in [3.63, 3.8) is 0 Å². The topological polar surface area (TPSA) is 75.4 Å². The Bertz CT molecular complexity index is 623. The van der Waals surface area contributed by atoms with E-state index in [-0.39, 0.29) is 36.2 Å². The highest BCUT2D eigenvalue weighted by Crippen LogP contribution is 2.37. The maximum absolute atomic E-state index is 13.0. The van der Waals surface area contributed by atoms with Crippen molar-refractivity contribution >= 4 is 24.2 Å². The zero-order valence-corrected chi connectivity index (χ0v) is 16.4. The number of hydrogen-bond donors (Lipinski definition) is 2. The van der Waals surface area contributed by atoms with Crippen LogP contribution >= 0.6 is 12.4 Å². The Labute approximate surface area is 162 Å². The summed E-state index contributed by atoms with van der Waals surface area (Å²) in [7, 11) is 0. The molecule has 0 radical (unpaired) electrons. The van der Waals surface area contributed by atoms with Crippen molar-refractivity contribution in [1.82, 2.24) is 10.2 Å². The summed E-state index contributed by atoms with van der Waals surface area (Å²) in [6.45, 7) is 5.49. The molecule has 0 bridgehead atoms. The van der Waals surface area contributed by atoms with E-state index in [4.69, 9.17) is 5.73 Å².